The van der Waals surface area contributed by atoms with E-state index in [0.29, 0.717) is 19.3 Å². The lowest BCUT2D eigenvalue weighted by molar-refractivity contribution is -0.165. The fourth-order valence-electron chi connectivity index (χ4n) is 8.18. The Kier molecular flexibility index (Phi) is 52.0. The van der Waals surface area contributed by atoms with Gasteiger partial charge in [0.15, 0.2) is 0 Å². The summed E-state index contributed by atoms with van der Waals surface area (Å²) in [6.07, 6.45) is 63.3. The van der Waals surface area contributed by atoms with Crippen LogP contribution in [-0.4, -0.2) is 86.1 Å². The number of carbonyl (C=O) groups is 3. The van der Waals surface area contributed by atoms with Crippen molar-refractivity contribution in [3.63, 3.8) is 0 Å². The predicted octanol–water partition coefficient (Wildman–Crippen LogP) is 16.0. The van der Waals surface area contributed by atoms with Gasteiger partial charge in [-0.3, -0.25) is 14.4 Å². The Morgan fingerprint density at radius 3 is 0.838 bits per heavy atom. The lowest BCUT2D eigenvalue weighted by Crippen LogP contribution is -2.45. The van der Waals surface area contributed by atoms with Crippen LogP contribution < -0.4 is 0 Å². The molecule has 0 aliphatic rings. The van der Waals surface area contributed by atoms with E-state index in [9.17, 15) is 29.7 Å². The number of aliphatic hydroxyl groups is 3. The van der Waals surface area contributed by atoms with Gasteiger partial charge < -0.3 is 34.3 Å². The van der Waals surface area contributed by atoms with Crippen LogP contribution in [0.3, 0.4) is 0 Å². The SMILES string of the molecule is CCCCC/C=C\C/C=C\CCCCCCCC(=O)OCC(CO)(CO)COCC(CO)(COC(=O)CCCCCCC/C=C\C/C=C\CCCCC)COC(=O)CCCCCCC/C=C\C/C=C\CCCCC. The molecular formula is C64H112O10. The van der Waals surface area contributed by atoms with Gasteiger partial charge in [-0.15, -0.1) is 0 Å². The van der Waals surface area contributed by atoms with Crippen molar-refractivity contribution in [1.82, 2.24) is 0 Å². The highest BCUT2D eigenvalue weighted by Gasteiger charge is 2.37. The van der Waals surface area contributed by atoms with E-state index in [1.54, 1.807) is 0 Å². The molecule has 3 N–H and O–H groups in total. The van der Waals surface area contributed by atoms with Crippen LogP contribution in [0, 0.1) is 10.8 Å². The summed E-state index contributed by atoms with van der Waals surface area (Å²) in [5.74, 6) is -1.21. The molecule has 0 aliphatic carbocycles. The molecule has 0 heterocycles. The van der Waals surface area contributed by atoms with Gasteiger partial charge in [0.05, 0.1) is 43.9 Å². The maximum absolute atomic E-state index is 13.0. The van der Waals surface area contributed by atoms with Crippen LogP contribution in [-0.2, 0) is 33.3 Å². The summed E-state index contributed by atoms with van der Waals surface area (Å²) < 4.78 is 22.9. The van der Waals surface area contributed by atoms with Crippen LogP contribution in [0.1, 0.15) is 252 Å². The number of hydrogen-bond donors (Lipinski definition) is 3. The molecule has 0 fully saturated rings. The third-order valence-corrected chi connectivity index (χ3v) is 13.4. The summed E-state index contributed by atoms with van der Waals surface area (Å²) in [7, 11) is 0. The number of allylic oxidation sites excluding steroid dienone is 12. The molecule has 0 spiro atoms. The molecular weight excluding hydrogens is 929 g/mol. The Balaban J connectivity index is 5.01. The minimum Gasteiger partial charge on any atom is -0.465 e. The zero-order chi connectivity index (χ0) is 54.2. The second kappa shape index (κ2) is 54.5. The lowest BCUT2D eigenvalue weighted by Gasteiger charge is -2.34. The molecule has 0 aromatic carbocycles. The number of unbranched alkanes of at least 4 members (excludes halogenated alkanes) is 24. The topological polar surface area (TPSA) is 149 Å². The molecule has 0 aromatic rings. The fourth-order valence-corrected chi connectivity index (χ4v) is 8.18. The molecule has 428 valence electrons. The predicted molar refractivity (Wildman–Crippen MR) is 308 cm³/mol. The average molecular weight is 1040 g/mol. The zero-order valence-electron chi connectivity index (χ0n) is 47.7. The molecule has 0 rings (SSSR count). The standard InChI is InChI=1S/C64H112O10/c1-4-7-10-13-16-19-22-25-28-31-34-37-40-43-46-49-60(68)72-57-63(52-65,53-66)55-71-56-64(54-67,58-73-61(69)50-47-44-41-38-35-32-29-26-23-20-17-14-11-8-5-2)59-74-62(70)51-48-45-42-39-36-33-30-27-24-21-18-15-12-9-6-3/h16-21,25-30,65-67H,4-15,22-24,31-59H2,1-3H3/b19-16-,20-17-,21-18-,28-25-,29-26-,30-27-. The van der Waals surface area contributed by atoms with Crippen molar-refractivity contribution >= 4 is 17.9 Å². The summed E-state index contributed by atoms with van der Waals surface area (Å²) in [4.78, 5) is 38.6. The zero-order valence-corrected chi connectivity index (χ0v) is 47.7. The molecule has 0 unspecified atom stereocenters. The summed E-state index contributed by atoms with van der Waals surface area (Å²) in [6.45, 7) is 3.99. The van der Waals surface area contributed by atoms with E-state index in [1.165, 1.54) is 57.8 Å². The second-order valence-corrected chi connectivity index (χ2v) is 20.9. The van der Waals surface area contributed by atoms with Crippen LogP contribution in [0.4, 0.5) is 0 Å². The third kappa shape index (κ3) is 46.0. The Labute approximate surface area is 453 Å². The van der Waals surface area contributed by atoms with E-state index in [2.05, 4.69) is 93.7 Å². The molecule has 74 heavy (non-hydrogen) atoms. The van der Waals surface area contributed by atoms with Crippen molar-refractivity contribution in [2.45, 2.75) is 252 Å². The van der Waals surface area contributed by atoms with Gasteiger partial charge in [-0.2, -0.15) is 0 Å². The fraction of sp³-hybridized carbons (Fsp3) is 0.766. The third-order valence-electron chi connectivity index (χ3n) is 13.4. The molecule has 0 radical (unpaired) electrons. The van der Waals surface area contributed by atoms with Crippen LogP contribution in [0.25, 0.3) is 0 Å². The van der Waals surface area contributed by atoms with Gasteiger partial charge in [0.25, 0.3) is 0 Å². The lowest BCUT2D eigenvalue weighted by atomic mass is 9.90. The minimum absolute atomic E-state index is 0.195. The van der Waals surface area contributed by atoms with Gasteiger partial charge >= 0.3 is 17.9 Å². The average Bonchev–Trinajstić information content (AvgIpc) is 3.41. The van der Waals surface area contributed by atoms with Crippen molar-refractivity contribution in [3.8, 4) is 0 Å². The first kappa shape index (κ1) is 70.7. The van der Waals surface area contributed by atoms with E-state index in [0.717, 1.165) is 135 Å². The monoisotopic (exact) mass is 1040 g/mol. The summed E-state index contributed by atoms with van der Waals surface area (Å²) in [5, 5.41) is 31.5. The Morgan fingerprint density at radius 1 is 0.311 bits per heavy atom. The van der Waals surface area contributed by atoms with E-state index in [1.807, 2.05) is 0 Å². The first-order valence-corrected chi connectivity index (χ1v) is 30.0. The molecule has 10 nitrogen and oxygen atoms in total. The maximum atomic E-state index is 13.0. The Bertz CT molecular complexity index is 1400. The Morgan fingerprint density at radius 2 is 0.554 bits per heavy atom. The maximum Gasteiger partial charge on any atom is 0.305 e. The van der Waals surface area contributed by atoms with Gasteiger partial charge in [-0.25, -0.2) is 0 Å². The van der Waals surface area contributed by atoms with Gasteiger partial charge in [-0.05, 0) is 116 Å². The van der Waals surface area contributed by atoms with E-state index >= 15 is 0 Å². The normalized spacial score (nSPS) is 12.6. The van der Waals surface area contributed by atoms with Gasteiger partial charge in [0.2, 0.25) is 0 Å². The molecule has 0 aromatic heterocycles. The van der Waals surface area contributed by atoms with Crippen LogP contribution in [0.5, 0.6) is 0 Å². The number of aliphatic hydroxyl groups excluding tert-OH is 3. The quantitative estimate of drug-likeness (QED) is 0.0233. The molecule has 0 atom stereocenters. The largest absolute Gasteiger partial charge is 0.465 e. The van der Waals surface area contributed by atoms with E-state index in [-0.39, 0.29) is 52.3 Å². The Hall–Kier alpha value is -3.31. The number of carbonyl (C=O) groups excluding carboxylic acids is 3. The van der Waals surface area contributed by atoms with Crippen molar-refractivity contribution in [1.29, 1.82) is 0 Å². The van der Waals surface area contributed by atoms with Gasteiger partial charge in [-0.1, -0.05) is 190 Å². The first-order valence-electron chi connectivity index (χ1n) is 30.0. The van der Waals surface area contributed by atoms with Gasteiger partial charge in [0.1, 0.15) is 19.8 Å². The van der Waals surface area contributed by atoms with Crippen LogP contribution >= 0.6 is 0 Å². The molecule has 10 heteroatoms. The smallest absolute Gasteiger partial charge is 0.305 e. The molecule has 0 aliphatic heterocycles. The van der Waals surface area contributed by atoms with Crippen LogP contribution in [0.15, 0.2) is 72.9 Å². The summed E-state index contributed by atoms with van der Waals surface area (Å²) in [6, 6.07) is 0. The highest BCUT2D eigenvalue weighted by Crippen LogP contribution is 2.24. The molecule has 0 amide bonds. The number of ether oxygens (including phenoxy) is 4. The minimum atomic E-state index is -1.30. The second-order valence-electron chi connectivity index (χ2n) is 20.9. The van der Waals surface area contributed by atoms with Gasteiger partial charge in [0, 0.05) is 19.3 Å². The van der Waals surface area contributed by atoms with Crippen LogP contribution in [0.2, 0.25) is 0 Å². The summed E-state index contributed by atoms with van der Waals surface area (Å²) in [5.41, 5.74) is -2.58. The number of hydrogen-bond acceptors (Lipinski definition) is 10. The molecule has 0 bridgehead atoms. The number of esters is 3. The highest BCUT2D eigenvalue weighted by atomic mass is 16.6. The van der Waals surface area contributed by atoms with Crippen molar-refractivity contribution in [2.24, 2.45) is 10.8 Å². The van der Waals surface area contributed by atoms with E-state index in [4.69, 9.17) is 18.9 Å². The van der Waals surface area contributed by atoms with Crippen molar-refractivity contribution in [2.75, 3.05) is 52.9 Å². The molecule has 0 saturated heterocycles. The summed E-state index contributed by atoms with van der Waals surface area (Å²) >= 11 is 0. The first-order chi connectivity index (χ1) is 36.3. The van der Waals surface area contributed by atoms with E-state index < -0.39 is 48.6 Å². The highest BCUT2D eigenvalue weighted by molar-refractivity contribution is 5.70. The molecule has 0 saturated carbocycles. The van der Waals surface area contributed by atoms with Crippen molar-refractivity contribution < 1.29 is 48.7 Å². The number of rotatable bonds is 55. The van der Waals surface area contributed by atoms with Crippen molar-refractivity contribution in [3.05, 3.63) is 72.9 Å².